The zero-order chi connectivity index (χ0) is 31.5. The average Bonchev–Trinajstić information content (AvgIpc) is 2.94. The summed E-state index contributed by atoms with van der Waals surface area (Å²) in [5.41, 5.74) is 8.22. The van der Waals surface area contributed by atoms with Crippen molar-refractivity contribution < 1.29 is 45.3 Å². The summed E-state index contributed by atoms with van der Waals surface area (Å²) in [6, 6.07) is 9.78. The number of nitrogens with one attached hydrogen (secondary N) is 1. The maximum atomic E-state index is 13.4. The number of nitrogens with two attached hydrogens (primary N) is 1. The third kappa shape index (κ3) is 7.38. The molecule has 0 fully saturated rings. The number of halogens is 6. The molecule has 2 amide bonds. The number of urea groups is 1. The number of methoxy groups -OCH3 is 2. The predicted molar refractivity (Wildman–Crippen MR) is 147 cm³/mol. The van der Waals surface area contributed by atoms with Crippen LogP contribution in [0.15, 0.2) is 48.5 Å². The van der Waals surface area contributed by atoms with Crippen LogP contribution in [0.4, 0.5) is 36.8 Å². The van der Waals surface area contributed by atoms with E-state index >= 15 is 0 Å². The minimum atomic E-state index is -4.65. The maximum Gasteiger partial charge on any atom is 0.416 e. The van der Waals surface area contributed by atoms with Crippen molar-refractivity contribution in [1.29, 1.82) is 0 Å². The van der Waals surface area contributed by atoms with Gasteiger partial charge in [0, 0.05) is 13.0 Å². The van der Waals surface area contributed by atoms with Gasteiger partial charge in [-0.05, 0) is 77.6 Å². The Hall–Kier alpha value is -4.29. The average molecular weight is 612 g/mol. The highest BCUT2D eigenvalue weighted by Gasteiger charge is 2.37. The van der Waals surface area contributed by atoms with Crippen LogP contribution in [-0.2, 0) is 19.0 Å². The van der Waals surface area contributed by atoms with Gasteiger partial charge < -0.3 is 30.2 Å². The van der Waals surface area contributed by atoms with E-state index in [9.17, 15) is 31.1 Å². The second-order valence-corrected chi connectivity index (χ2v) is 10.1. The number of hydrogen-bond acceptors (Lipinski definition) is 5. The largest absolute Gasteiger partial charge is 0.495 e. The molecule has 13 heteroatoms. The van der Waals surface area contributed by atoms with Gasteiger partial charge >= 0.3 is 18.4 Å². The Bertz CT molecular complexity index is 1480. The molecule has 1 aliphatic rings. The number of carbonyl (C=O) groups is 1. The van der Waals surface area contributed by atoms with Crippen molar-refractivity contribution in [2.75, 3.05) is 39.6 Å². The standard InChI is InChI=1S/C30H31F6N3O4/c1-17-12-20(30(34,35)36)5-6-21(17)27-22-15-26(43-11-9-18-4-7-24(41-2)23(37)13-18)25(42-3)14-19(22)8-10-39(27)28(40)38-16-29(31,32)33/h4-7,12-15,27H,8-11,16,37H2,1-3H3,(H,38,40). The molecule has 3 aromatic carbocycles. The lowest BCUT2D eigenvalue weighted by molar-refractivity contribution is -0.137. The van der Waals surface area contributed by atoms with Crippen LogP contribution in [0.2, 0.25) is 0 Å². The van der Waals surface area contributed by atoms with E-state index in [4.69, 9.17) is 19.9 Å². The molecule has 232 valence electrons. The molecule has 0 aliphatic carbocycles. The van der Waals surface area contributed by atoms with Crippen LogP contribution in [0, 0.1) is 6.92 Å². The highest BCUT2D eigenvalue weighted by atomic mass is 19.4. The van der Waals surface area contributed by atoms with Crippen molar-refractivity contribution in [3.63, 3.8) is 0 Å². The van der Waals surface area contributed by atoms with E-state index in [0.717, 1.165) is 23.3 Å². The first-order valence-electron chi connectivity index (χ1n) is 13.3. The fourth-order valence-corrected chi connectivity index (χ4v) is 5.11. The summed E-state index contributed by atoms with van der Waals surface area (Å²) in [7, 11) is 2.97. The van der Waals surface area contributed by atoms with Gasteiger partial charge in [-0.2, -0.15) is 26.3 Å². The molecule has 1 unspecified atom stereocenters. The van der Waals surface area contributed by atoms with Crippen molar-refractivity contribution >= 4 is 11.7 Å². The number of hydrogen-bond donors (Lipinski definition) is 2. The molecule has 0 radical (unpaired) electrons. The number of aryl methyl sites for hydroxylation is 1. The Balaban J connectivity index is 1.71. The molecule has 1 heterocycles. The molecule has 7 nitrogen and oxygen atoms in total. The molecule has 4 rings (SSSR count). The summed E-state index contributed by atoms with van der Waals surface area (Å²) in [5.74, 6) is 1.23. The monoisotopic (exact) mass is 611 g/mol. The number of benzene rings is 3. The number of ether oxygens (including phenoxy) is 3. The van der Waals surface area contributed by atoms with Crippen LogP contribution >= 0.6 is 0 Å². The predicted octanol–water partition coefficient (Wildman–Crippen LogP) is 6.45. The first-order valence-corrected chi connectivity index (χ1v) is 13.3. The van der Waals surface area contributed by atoms with Crippen LogP contribution < -0.4 is 25.3 Å². The summed E-state index contributed by atoms with van der Waals surface area (Å²) in [4.78, 5) is 14.2. The number of nitrogens with zero attached hydrogens (tertiary/aromatic N) is 1. The van der Waals surface area contributed by atoms with E-state index in [1.807, 2.05) is 11.4 Å². The van der Waals surface area contributed by atoms with Crippen molar-refractivity contribution in [3.8, 4) is 17.2 Å². The number of alkyl halides is 6. The summed E-state index contributed by atoms with van der Waals surface area (Å²) in [5, 5.41) is 1.89. The molecule has 1 atom stereocenters. The van der Waals surface area contributed by atoms with E-state index in [1.165, 1.54) is 32.1 Å². The van der Waals surface area contributed by atoms with Gasteiger partial charge in [-0.3, -0.25) is 0 Å². The lowest BCUT2D eigenvalue weighted by atomic mass is 9.85. The van der Waals surface area contributed by atoms with E-state index < -0.39 is 36.5 Å². The van der Waals surface area contributed by atoms with Crippen LogP contribution in [0.1, 0.15) is 39.4 Å². The molecule has 0 spiro atoms. The Morgan fingerprint density at radius 1 is 0.953 bits per heavy atom. The second-order valence-electron chi connectivity index (χ2n) is 10.1. The minimum absolute atomic E-state index is 0.0179. The Morgan fingerprint density at radius 3 is 2.28 bits per heavy atom. The Morgan fingerprint density at radius 2 is 1.67 bits per heavy atom. The fourth-order valence-electron chi connectivity index (χ4n) is 5.11. The zero-order valence-corrected chi connectivity index (χ0v) is 23.7. The second kappa shape index (κ2) is 12.5. The van der Waals surface area contributed by atoms with Gasteiger partial charge in [0.05, 0.1) is 38.1 Å². The highest BCUT2D eigenvalue weighted by molar-refractivity contribution is 5.76. The summed E-state index contributed by atoms with van der Waals surface area (Å²) in [6.07, 6.45) is -8.51. The fraction of sp³-hybridized carbons (Fsp3) is 0.367. The number of fused-ring (bicyclic) bond motifs is 1. The molecule has 0 bridgehead atoms. The van der Waals surface area contributed by atoms with E-state index in [-0.39, 0.29) is 25.1 Å². The third-order valence-electron chi connectivity index (χ3n) is 7.19. The number of rotatable bonds is 8. The van der Waals surface area contributed by atoms with Gasteiger partial charge in [-0.15, -0.1) is 0 Å². The molecule has 0 aromatic heterocycles. The number of amides is 2. The molecular weight excluding hydrogens is 580 g/mol. The van der Waals surface area contributed by atoms with Gasteiger partial charge in [0.2, 0.25) is 0 Å². The lowest BCUT2D eigenvalue weighted by Gasteiger charge is -2.39. The summed E-state index contributed by atoms with van der Waals surface area (Å²) < 4.78 is 95.7. The van der Waals surface area contributed by atoms with Crippen molar-refractivity contribution in [2.45, 2.75) is 38.2 Å². The lowest BCUT2D eigenvalue weighted by Crippen LogP contribution is -2.48. The van der Waals surface area contributed by atoms with Crippen molar-refractivity contribution in [3.05, 3.63) is 81.9 Å². The van der Waals surface area contributed by atoms with Crippen LogP contribution in [0.3, 0.4) is 0 Å². The number of nitrogen functional groups attached to an aromatic ring is 1. The van der Waals surface area contributed by atoms with Gasteiger partial charge in [0.25, 0.3) is 0 Å². The topological polar surface area (TPSA) is 86.0 Å². The minimum Gasteiger partial charge on any atom is -0.495 e. The van der Waals surface area contributed by atoms with E-state index in [0.29, 0.717) is 40.5 Å². The molecule has 0 saturated carbocycles. The normalized spacial score (nSPS) is 15.1. The van der Waals surface area contributed by atoms with Gasteiger partial charge in [0.15, 0.2) is 11.5 Å². The van der Waals surface area contributed by atoms with Crippen molar-refractivity contribution in [2.24, 2.45) is 0 Å². The van der Waals surface area contributed by atoms with E-state index in [1.54, 1.807) is 24.3 Å². The molecule has 3 N–H and O–H groups in total. The first-order chi connectivity index (χ1) is 20.2. The van der Waals surface area contributed by atoms with Gasteiger partial charge in [0.1, 0.15) is 12.3 Å². The van der Waals surface area contributed by atoms with Crippen LogP contribution in [-0.4, -0.2) is 51.0 Å². The number of carbonyl (C=O) groups excluding carboxylic acids is 1. The summed E-state index contributed by atoms with van der Waals surface area (Å²) >= 11 is 0. The zero-order valence-electron chi connectivity index (χ0n) is 23.7. The quantitative estimate of drug-likeness (QED) is 0.226. The van der Waals surface area contributed by atoms with Gasteiger partial charge in [-0.25, -0.2) is 4.79 Å². The Kier molecular flexibility index (Phi) is 9.21. The molecular formula is C30H31F6N3O4. The molecule has 43 heavy (non-hydrogen) atoms. The van der Waals surface area contributed by atoms with Crippen molar-refractivity contribution in [1.82, 2.24) is 10.2 Å². The first kappa shape index (κ1) is 31.6. The Labute approximate surface area is 244 Å². The molecule has 3 aromatic rings. The summed E-state index contributed by atoms with van der Waals surface area (Å²) in [6.45, 7) is 0.123. The molecule has 1 aliphatic heterocycles. The number of anilines is 1. The smallest absolute Gasteiger partial charge is 0.416 e. The maximum absolute atomic E-state index is 13.4. The van der Waals surface area contributed by atoms with Crippen LogP contribution in [0.25, 0.3) is 0 Å². The third-order valence-corrected chi connectivity index (χ3v) is 7.19. The SMILES string of the molecule is COc1ccc(CCOc2cc3c(cc2OC)CCN(C(=O)NCC(F)(F)F)C3c2ccc(C(F)(F)F)cc2C)cc1N. The highest BCUT2D eigenvalue weighted by Crippen LogP contribution is 2.43. The molecule has 0 saturated heterocycles. The van der Waals surface area contributed by atoms with Gasteiger partial charge in [-0.1, -0.05) is 12.1 Å². The van der Waals surface area contributed by atoms with Crippen LogP contribution in [0.5, 0.6) is 17.2 Å². The van der Waals surface area contributed by atoms with E-state index in [2.05, 4.69) is 0 Å².